The van der Waals surface area contributed by atoms with Gasteiger partial charge in [0.25, 0.3) is 0 Å². The molecule has 4 heteroatoms. The first kappa shape index (κ1) is 16.4. The minimum Gasteiger partial charge on any atom is -0.392 e. The quantitative estimate of drug-likeness (QED) is 0.816. The Balaban J connectivity index is 2.31. The van der Waals surface area contributed by atoms with Crippen molar-refractivity contribution in [2.45, 2.75) is 59.6 Å². The van der Waals surface area contributed by atoms with Crippen molar-refractivity contribution in [2.24, 2.45) is 11.3 Å². The van der Waals surface area contributed by atoms with E-state index in [9.17, 15) is 9.90 Å². The molecular weight excluding hydrogens is 240 g/mol. The molecule has 1 atom stereocenters. The van der Waals surface area contributed by atoms with Crippen molar-refractivity contribution in [3.63, 3.8) is 0 Å². The van der Waals surface area contributed by atoms with Crippen LogP contribution in [0.15, 0.2) is 0 Å². The SMILES string of the molecule is CC(C)C(O)CNC1CCN(C(=O)C(C)(C)C)CC1. The monoisotopic (exact) mass is 270 g/mol. The fraction of sp³-hybridized carbons (Fsp3) is 0.933. The summed E-state index contributed by atoms with van der Waals surface area (Å²) >= 11 is 0. The van der Waals surface area contributed by atoms with Gasteiger partial charge in [0.05, 0.1) is 6.10 Å². The number of nitrogens with zero attached hydrogens (tertiary/aromatic N) is 1. The summed E-state index contributed by atoms with van der Waals surface area (Å²) in [5.74, 6) is 0.531. The second-order valence-electron chi connectivity index (χ2n) is 7.04. The lowest BCUT2D eigenvalue weighted by Gasteiger charge is -2.36. The van der Waals surface area contributed by atoms with E-state index < -0.39 is 0 Å². The van der Waals surface area contributed by atoms with Crippen molar-refractivity contribution >= 4 is 5.91 Å². The van der Waals surface area contributed by atoms with Crippen LogP contribution in [0.2, 0.25) is 0 Å². The van der Waals surface area contributed by atoms with Crippen molar-refractivity contribution in [3.8, 4) is 0 Å². The molecular formula is C15H30N2O2. The average Bonchev–Trinajstić information content (AvgIpc) is 2.34. The molecule has 1 rings (SSSR count). The van der Waals surface area contributed by atoms with Gasteiger partial charge in [-0.15, -0.1) is 0 Å². The summed E-state index contributed by atoms with van der Waals surface area (Å²) in [7, 11) is 0. The van der Waals surface area contributed by atoms with Crippen LogP contribution in [0.4, 0.5) is 0 Å². The second kappa shape index (κ2) is 6.71. The highest BCUT2D eigenvalue weighted by molar-refractivity contribution is 5.81. The van der Waals surface area contributed by atoms with Crippen molar-refractivity contribution < 1.29 is 9.90 Å². The molecule has 0 aromatic carbocycles. The first-order valence-electron chi connectivity index (χ1n) is 7.42. The number of rotatable bonds is 4. The molecule has 0 spiro atoms. The van der Waals surface area contributed by atoms with E-state index in [1.165, 1.54) is 0 Å². The number of carbonyl (C=O) groups is 1. The number of piperidine rings is 1. The minimum absolute atomic E-state index is 0.244. The Morgan fingerprint density at radius 3 is 2.26 bits per heavy atom. The van der Waals surface area contributed by atoms with Gasteiger partial charge in [-0.05, 0) is 18.8 Å². The van der Waals surface area contributed by atoms with Crippen LogP contribution in [0, 0.1) is 11.3 Å². The first-order chi connectivity index (χ1) is 8.71. The van der Waals surface area contributed by atoms with Gasteiger partial charge in [-0.25, -0.2) is 0 Å². The van der Waals surface area contributed by atoms with Gasteiger partial charge in [0.2, 0.25) is 5.91 Å². The van der Waals surface area contributed by atoms with Gasteiger partial charge in [0, 0.05) is 31.1 Å². The maximum absolute atomic E-state index is 12.1. The molecule has 112 valence electrons. The lowest BCUT2D eigenvalue weighted by atomic mass is 9.93. The van der Waals surface area contributed by atoms with E-state index in [0.29, 0.717) is 12.6 Å². The van der Waals surface area contributed by atoms with E-state index >= 15 is 0 Å². The van der Waals surface area contributed by atoms with Gasteiger partial charge in [0.15, 0.2) is 0 Å². The normalized spacial score (nSPS) is 19.8. The maximum atomic E-state index is 12.1. The molecule has 1 aliphatic heterocycles. The molecule has 1 amide bonds. The van der Waals surface area contributed by atoms with Crippen molar-refractivity contribution in [2.75, 3.05) is 19.6 Å². The Hall–Kier alpha value is -0.610. The van der Waals surface area contributed by atoms with Crippen LogP contribution in [0.25, 0.3) is 0 Å². The van der Waals surface area contributed by atoms with Gasteiger partial charge in [-0.1, -0.05) is 34.6 Å². The predicted molar refractivity (Wildman–Crippen MR) is 77.9 cm³/mol. The molecule has 0 aromatic heterocycles. The molecule has 1 aliphatic rings. The Labute approximate surface area is 117 Å². The molecule has 1 unspecified atom stereocenters. The molecule has 0 saturated carbocycles. The van der Waals surface area contributed by atoms with E-state index in [1.54, 1.807) is 0 Å². The molecule has 19 heavy (non-hydrogen) atoms. The fourth-order valence-corrected chi connectivity index (χ4v) is 2.28. The third kappa shape index (κ3) is 5.11. The molecule has 0 aliphatic carbocycles. The van der Waals surface area contributed by atoms with Crippen LogP contribution >= 0.6 is 0 Å². The summed E-state index contributed by atoms with van der Waals surface area (Å²) in [5.41, 5.74) is -0.284. The van der Waals surface area contributed by atoms with E-state index in [1.807, 2.05) is 39.5 Å². The molecule has 0 bridgehead atoms. The molecule has 0 aromatic rings. The van der Waals surface area contributed by atoms with Gasteiger partial charge < -0.3 is 15.3 Å². The largest absolute Gasteiger partial charge is 0.392 e. The Bertz CT molecular complexity index is 289. The zero-order valence-corrected chi connectivity index (χ0v) is 13.1. The number of hydrogen-bond acceptors (Lipinski definition) is 3. The second-order valence-corrected chi connectivity index (χ2v) is 7.04. The maximum Gasteiger partial charge on any atom is 0.227 e. The average molecular weight is 270 g/mol. The number of aliphatic hydroxyl groups excluding tert-OH is 1. The highest BCUT2D eigenvalue weighted by Crippen LogP contribution is 2.21. The Morgan fingerprint density at radius 2 is 1.84 bits per heavy atom. The van der Waals surface area contributed by atoms with Crippen molar-refractivity contribution in [1.29, 1.82) is 0 Å². The third-order valence-corrected chi connectivity index (χ3v) is 3.81. The summed E-state index contributed by atoms with van der Waals surface area (Å²) in [6.07, 6.45) is 1.67. The Kier molecular flexibility index (Phi) is 5.81. The van der Waals surface area contributed by atoms with Gasteiger partial charge in [-0.3, -0.25) is 4.79 Å². The molecule has 4 nitrogen and oxygen atoms in total. The number of aliphatic hydroxyl groups is 1. The summed E-state index contributed by atoms with van der Waals surface area (Å²) in [6, 6.07) is 0.428. The smallest absolute Gasteiger partial charge is 0.227 e. The van der Waals surface area contributed by atoms with Crippen LogP contribution < -0.4 is 5.32 Å². The lowest BCUT2D eigenvalue weighted by Crippen LogP contribution is -2.49. The highest BCUT2D eigenvalue weighted by Gasteiger charge is 2.30. The van der Waals surface area contributed by atoms with Gasteiger partial charge in [0.1, 0.15) is 0 Å². The summed E-state index contributed by atoms with van der Waals surface area (Å²) in [5, 5.41) is 13.2. The first-order valence-corrected chi connectivity index (χ1v) is 7.42. The van der Waals surface area contributed by atoms with Crippen molar-refractivity contribution in [3.05, 3.63) is 0 Å². The van der Waals surface area contributed by atoms with Crippen LogP contribution in [0.3, 0.4) is 0 Å². The minimum atomic E-state index is -0.284. The highest BCUT2D eigenvalue weighted by atomic mass is 16.3. The van der Waals surface area contributed by atoms with E-state index in [4.69, 9.17) is 0 Å². The molecule has 1 saturated heterocycles. The predicted octanol–water partition coefficient (Wildman–Crippen LogP) is 1.63. The number of hydrogen-bond donors (Lipinski definition) is 2. The zero-order valence-electron chi connectivity index (χ0n) is 13.1. The van der Waals surface area contributed by atoms with Gasteiger partial charge in [-0.2, -0.15) is 0 Å². The molecule has 0 radical (unpaired) electrons. The summed E-state index contributed by atoms with van der Waals surface area (Å²) in [6.45, 7) is 12.3. The van der Waals surface area contributed by atoms with Crippen LogP contribution in [-0.2, 0) is 4.79 Å². The summed E-state index contributed by atoms with van der Waals surface area (Å²) in [4.78, 5) is 14.1. The fourth-order valence-electron chi connectivity index (χ4n) is 2.28. The van der Waals surface area contributed by atoms with Crippen molar-refractivity contribution in [1.82, 2.24) is 10.2 Å². The molecule has 2 N–H and O–H groups in total. The van der Waals surface area contributed by atoms with Crippen LogP contribution in [0.1, 0.15) is 47.5 Å². The standard InChI is InChI=1S/C15H30N2O2/c1-11(2)13(18)10-16-12-6-8-17(9-7-12)14(19)15(3,4)5/h11-13,16,18H,6-10H2,1-5H3. The van der Waals surface area contributed by atoms with E-state index in [2.05, 4.69) is 5.32 Å². The topological polar surface area (TPSA) is 52.6 Å². The Morgan fingerprint density at radius 1 is 1.32 bits per heavy atom. The number of likely N-dealkylation sites (tertiary alicyclic amines) is 1. The molecule has 1 heterocycles. The third-order valence-electron chi connectivity index (χ3n) is 3.81. The van der Waals surface area contributed by atoms with E-state index in [-0.39, 0.29) is 23.3 Å². The van der Waals surface area contributed by atoms with Crippen LogP contribution in [0.5, 0.6) is 0 Å². The number of amides is 1. The van der Waals surface area contributed by atoms with E-state index in [0.717, 1.165) is 25.9 Å². The number of nitrogens with one attached hydrogen (secondary N) is 1. The van der Waals surface area contributed by atoms with Gasteiger partial charge >= 0.3 is 0 Å². The summed E-state index contributed by atoms with van der Waals surface area (Å²) < 4.78 is 0. The lowest BCUT2D eigenvalue weighted by molar-refractivity contribution is -0.140. The zero-order chi connectivity index (χ0) is 14.6. The number of carbonyl (C=O) groups excluding carboxylic acids is 1. The van der Waals surface area contributed by atoms with Crippen LogP contribution in [-0.4, -0.2) is 47.7 Å². The molecule has 1 fully saturated rings.